The predicted octanol–water partition coefficient (Wildman–Crippen LogP) is 3.17. The molecule has 0 bridgehead atoms. The number of anilines is 2. The van der Waals surface area contributed by atoms with Gasteiger partial charge in [-0.3, -0.25) is 19.1 Å². The number of carbonyl (C=O) groups is 1. The molecule has 0 N–H and O–H groups in total. The number of hydrogen-bond acceptors (Lipinski definition) is 7. The van der Waals surface area contributed by atoms with Crippen molar-refractivity contribution in [1.29, 1.82) is 0 Å². The average Bonchev–Trinajstić information content (AvgIpc) is 3.48. The van der Waals surface area contributed by atoms with Gasteiger partial charge in [-0.1, -0.05) is 36.0 Å². The lowest BCUT2D eigenvalue weighted by Crippen LogP contribution is -2.36. The van der Waals surface area contributed by atoms with Crippen molar-refractivity contribution in [2.45, 2.75) is 18.4 Å². The normalized spacial score (nSPS) is 18.2. The number of thiazole rings is 1. The second-order valence-electron chi connectivity index (χ2n) is 8.09. The highest BCUT2D eigenvalue weighted by Gasteiger charge is 2.39. The highest BCUT2D eigenvalue weighted by molar-refractivity contribution is 8.08. The van der Waals surface area contributed by atoms with Gasteiger partial charge in [0.15, 0.2) is 5.11 Å². The predicted molar refractivity (Wildman–Crippen MR) is 151 cm³/mol. The Morgan fingerprint density at radius 2 is 1.89 bits per heavy atom. The van der Waals surface area contributed by atoms with E-state index in [1.54, 1.807) is 41.5 Å². The van der Waals surface area contributed by atoms with Crippen LogP contribution < -0.4 is 29.3 Å². The van der Waals surface area contributed by atoms with Crippen molar-refractivity contribution in [3.63, 3.8) is 0 Å². The van der Waals surface area contributed by atoms with Crippen LogP contribution >= 0.6 is 35.3 Å². The molecule has 0 atom stereocenters. The molecule has 3 heterocycles. The summed E-state index contributed by atoms with van der Waals surface area (Å²) in [4.78, 5) is 33.8. The van der Waals surface area contributed by atoms with Crippen LogP contribution in [0.2, 0.25) is 0 Å². The Hall–Kier alpha value is -3.34. The molecule has 1 fully saturated rings. The summed E-state index contributed by atoms with van der Waals surface area (Å²) in [5.74, 6) is 0.497. The van der Waals surface area contributed by atoms with Gasteiger partial charge in [-0.2, -0.15) is 0 Å². The molecular weight excluding hydrogens is 513 g/mol. The average molecular weight is 537 g/mol. The van der Waals surface area contributed by atoms with E-state index in [1.165, 1.54) is 16.2 Å². The first kappa shape index (κ1) is 24.4. The Morgan fingerprint density at radius 1 is 1.14 bits per heavy atom. The third-order valence-electron chi connectivity index (χ3n) is 6.05. The summed E-state index contributed by atoms with van der Waals surface area (Å²) >= 11 is 8.51. The Balaban J connectivity index is 1.76. The van der Waals surface area contributed by atoms with E-state index >= 15 is 0 Å². The molecule has 0 spiro atoms. The molecule has 184 valence electrons. The van der Waals surface area contributed by atoms with E-state index in [1.807, 2.05) is 55.5 Å². The summed E-state index contributed by atoms with van der Waals surface area (Å²) in [6.45, 7) is 6.84. The molecular formula is C26H24N4O3S3. The largest absolute Gasteiger partial charge is 0.497 e. The van der Waals surface area contributed by atoms with Crippen molar-refractivity contribution < 1.29 is 9.53 Å². The van der Waals surface area contributed by atoms with Gasteiger partial charge in [0.05, 0.1) is 18.5 Å². The molecule has 0 saturated carbocycles. The van der Waals surface area contributed by atoms with Gasteiger partial charge in [0.25, 0.3) is 11.5 Å². The van der Waals surface area contributed by atoms with E-state index in [-0.39, 0.29) is 18.0 Å². The van der Waals surface area contributed by atoms with Gasteiger partial charge in [-0.05, 0) is 43.4 Å². The molecule has 0 unspecified atom stereocenters. The van der Waals surface area contributed by atoms with E-state index in [4.69, 9.17) is 17.0 Å². The van der Waals surface area contributed by atoms with Crippen LogP contribution in [0.25, 0.3) is 10.7 Å². The van der Waals surface area contributed by atoms with Crippen LogP contribution in [0.4, 0.5) is 11.4 Å². The number of rotatable bonds is 5. The molecule has 36 heavy (non-hydrogen) atoms. The number of fused-ring (bicyclic) bond motifs is 1. The number of ether oxygens (including phenoxy) is 1. The number of methoxy groups -OCH3 is 1. The minimum Gasteiger partial charge on any atom is -0.497 e. The van der Waals surface area contributed by atoms with Gasteiger partial charge in [0.1, 0.15) is 25.7 Å². The van der Waals surface area contributed by atoms with Crippen molar-refractivity contribution in [1.82, 2.24) is 9.47 Å². The van der Waals surface area contributed by atoms with Crippen molar-refractivity contribution in [3.8, 4) is 5.75 Å². The molecule has 0 radical (unpaired) electrons. The van der Waals surface area contributed by atoms with Gasteiger partial charge in [0.2, 0.25) is 0 Å². The summed E-state index contributed by atoms with van der Waals surface area (Å²) in [5.41, 5.74) is 1.91. The van der Waals surface area contributed by atoms with Gasteiger partial charge < -0.3 is 14.5 Å². The summed E-state index contributed by atoms with van der Waals surface area (Å²) < 4.78 is 8.16. The number of thioether (sulfide) groups is 1. The van der Waals surface area contributed by atoms with E-state index in [9.17, 15) is 9.59 Å². The lowest BCUT2D eigenvalue weighted by atomic mass is 10.2. The van der Waals surface area contributed by atoms with Crippen LogP contribution in [0.5, 0.6) is 5.75 Å². The number of carbonyl (C=O) groups excluding carboxylic acids is 1. The molecule has 7 nitrogen and oxygen atoms in total. The van der Waals surface area contributed by atoms with Gasteiger partial charge in [-0.25, -0.2) is 0 Å². The summed E-state index contributed by atoms with van der Waals surface area (Å²) in [6.07, 6.45) is 1.67. The molecule has 2 aliphatic heterocycles. The second-order valence-corrected chi connectivity index (χ2v) is 10.5. The lowest BCUT2D eigenvalue weighted by Gasteiger charge is -2.17. The molecule has 2 aromatic carbocycles. The maximum absolute atomic E-state index is 13.8. The third kappa shape index (κ3) is 3.76. The summed E-state index contributed by atoms with van der Waals surface area (Å²) in [6, 6.07) is 15.2. The molecule has 5 rings (SSSR count). The number of aromatic nitrogens is 1. The van der Waals surface area contributed by atoms with Crippen LogP contribution in [-0.4, -0.2) is 41.2 Å². The van der Waals surface area contributed by atoms with Crippen molar-refractivity contribution in [2.75, 3.05) is 30.5 Å². The molecule has 10 heteroatoms. The van der Waals surface area contributed by atoms with E-state index in [2.05, 4.69) is 11.5 Å². The minimum absolute atomic E-state index is 0.159. The number of thiocarbonyl (C=S) groups is 1. The number of benzene rings is 2. The number of likely N-dealkylation sites (N-methyl/N-ethyl adjacent to an activating group) is 1. The maximum Gasteiger partial charge on any atom is 0.284 e. The van der Waals surface area contributed by atoms with Crippen LogP contribution in [-0.2, 0) is 11.3 Å². The van der Waals surface area contributed by atoms with Gasteiger partial charge in [0, 0.05) is 31.1 Å². The summed E-state index contributed by atoms with van der Waals surface area (Å²) in [7, 11) is 3.40. The van der Waals surface area contributed by atoms with Gasteiger partial charge in [-0.15, -0.1) is 17.9 Å². The van der Waals surface area contributed by atoms with Crippen molar-refractivity contribution in [3.05, 3.63) is 80.7 Å². The Kier molecular flexibility index (Phi) is 6.50. The molecule has 3 aromatic rings. The smallest absolute Gasteiger partial charge is 0.284 e. The zero-order valence-corrected chi connectivity index (χ0v) is 22.5. The maximum atomic E-state index is 13.8. The van der Waals surface area contributed by atoms with E-state index in [0.29, 0.717) is 32.2 Å². The standard InChI is InChI=1S/C26H24N4O3S3/c1-5-14-29-23(32)21(25-28(6-2)18-15-17(33-4)12-13-19(18)35-25)36-24(29)20-22(31)30(26(34)27(20)3)16-10-8-7-9-11-16/h5,7-13,15H,1,6,14H2,2-4H3. The third-order valence-corrected chi connectivity index (χ3v) is 9.00. The fourth-order valence-corrected chi connectivity index (χ4v) is 7.15. The number of allylic oxidation sites excluding steroid dienone is 1. The van der Waals surface area contributed by atoms with Crippen molar-refractivity contribution in [2.24, 2.45) is 0 Å². The quantitative estimate of drug-likeness (QED) is 0.367. The monoisotopic (exact) mass is 536 g/mol. The highest BCUT2D eigenvalue weighted by atomic mass is 32.2. The van der Waals surface area contributed by atoms with Crippen LogP contribution in [0.1, 0.15) is 6.92 Å². The number of hydrogen-bond donors (Lipinski definition) is 0. The molecule has 1 aromatic heterocycles. The lowest BCUT2D eigenvalue weighted by molar-refractivity contribution is -0.112. The Labute approximate surface area is 222 Å². The van der Waals surface area contributed by atoms with E-state index in [0.717, 1.165) is 21.4 Å². The van der Waals surface area contributed by atoms with Crippen LogP contribution in [0, 0.1) is 0 Å². The van der Waals surface area contributed by atoms with E-state index < -0.39 is 0 Å². The Bertz CT molecular complexity index is 1580. The topological polar surface area (TPSA) is 58.0 Å². The van der Waals surface area contributed by atoms with Crippen molar-refractivity contribution >= 4 is 68.4 Å². The zero-order valence-electron chi connectivity index (χ0n) is 20.1. The molecule has 1 saturated heterocycles. The first-order valence-electron chi connectivity index (χ1n) is 11.3. The fourth-order valence-electron chi connectivity index (χ4n) is 4.31. The minimum atomic E-state index is -0.260. The van der Waals surface area contributed by atoms with Crippen LogP contribution in [0.3, 0.4) is 0 Å². The fraction of sp³-hybridized carbons (Fsp3) is 0.192. The number of para-hydroxylation sites is 1. The zero-order chi connectivity index (χ0) is 25.6. The second kappa shape index (κ2) is 9.61. The number of amides is 1. The summed E-state index contributed by atoms with van der Waals surface area (Å²) in [5, 5.41) is 1.21. The molecule has 1 amide bonds. The first-order chi connectivity index (χ1) is 17.4. The van der Waals surface area contributed by atoms with Gasteiger partial charge >= 0.3 is 0 Å². The Morgan fingerprint density at radius 3 is 2.56 bits per heavy atom. The number of nitrogens with zero attached hydrogens (tertiary/aromatic N) is 4. The first-order valence-corrected chi connectivity index (χ1v) is 13.3. The molecule has 0 aliphatic carbocycles. The SMILES string of the molecule is C=CCn1c(=C2C(=O)N(c3ccccc3)C(=S)N2C)sc(=C2Sc3ccc(OC)cc3N2CC)c1=O. The van der Waals surface area contributed by atoms with Crippen LogP contribution in [0.15, 0.2) is 70.9 Å². The molecule has 2 aliphatic rings. The highest BCUT2D eigenvalue weighted by Crippen LogP contribution is 2.47.